The van der Waals surface area contributed by atoms with Gasteiger partial charge in [-0.3, -0.25) is 9.59 Å². The number of amides is 1. The van der Waals surface area contributed by atoms with E-state index in [0.717, 1.165) is 12.5 Å². The van der Waals surface area contributed by atoms with Crippen LogP contribution < -0.4 is 5.32 Å². The van der Waals surface area contributed by atoms with Crippen LogP contribution in [0.3, 0.4) is 0 Å². The first-order valence-corrected chi connectivity index (χ1v) is 16.1. The number of nitrogens with one attached hydrogen (secondary N) is 1. The lowest BCUT2D eigenvalue weighted by molar-refractivity contribution is -0.234. The van der Waals surface area contributed by atoms with Gasteiger partial charge in [0.2, 0.25) is 5.78 Å². The molecule has 1 heterocycles. The molecule has 11 heteroatoms. The maximum absolute atomic E-state index is 17.5. The van der Waals surface area contributed by atoms with Crippen LogP contribution in [-0.2, 0) is 23.8 Å². The van der Waals surface area contributed by atoms with Crippen molar-refractivity contribution in [2.45, 2.75) is 108 Å². The van der Waals surface area contributed by atoms with E-state index in [-0.39, 0.29) is 24.8 Å². The lowest BCUT2D eigenvalue weighted by atomic mass is 9.44. The Morgan fingerprint density at radius 3 is 2.69 bits per heavy atom. The maximum atomic E-state index is 17.5. The molecule has 4 aliphatic carbocycles. The van der Waals surface area contributed by atoms with Crippen molar-refractivity contribution < 1.29 is 42.5 Å². The van der Waals surface area contributed by atoms with Crippen LogP contribution in [0.15, 0.2) is 23.8 Å². The van der Waals surface area contributed by atoms with Gasteiger partial charge in [-0.25, -0.2) is 13.6 Å². The second-order valence-electron chi connectivity index (χ2n) is 13.1. The third-order valence-electron chi connectivity index (χ3n) is 10.5. The highest BCUT2D eigenvalue weighted by atomic mass is 32.2. The van der Waals surface area contributed by atoms with E-state index in [9.17, 15) is 19.5 Å². The lowest BCUT2D eigenvalue weighted by Gasteiger charge is -2.63. The smallest absolute Gasteiger partial charge is 0.407 e. The van der Waals surface area contributed by atoms with Gasteiger partial charge in [0, 0.05) is 29.0 Å². The highest BCUT2D eigenvalue weighted by Gasteiger charge is 2.80. The van der Waals surface area contributed by atoms with Gasteiger partial charge in [-0.2, -0.15) is 11.8 Å². The molecule has 2 unspecified atom stereocenters. The number of fused-ring (bicyclic) bond motifs is 7. The number of alkyl halides is 2. The first-order chi connectivity index (χ1) is 19.7. The summed E-state index contributed by atoms with van der Waals surface area (Å²) >= 11 is 1.68. The van der Waals surface area contributed by atoms with Crippen LogP contribution in [0.4, 0.5) is 13.6 Å². The number of thioether (sulfide) groups is 1. The van der Waals surface area contributed by atoms with Crippen molar-refractivity contribution in [3.63, 3.8) is 0 Å². The highest BCUT2D eigenvalue weighted by molar-refractivity contribution is 7.99. The number of rotatable bonds is 9. The van der Waals surface area contributed by atoms with E-state index in [1.165, 1.54) is 12.2 Å². The van der Waals surface area contributed by atoms with E-state index in [1.54, 1.807) is 25.6 Å². The van der Waals surface area contributed by atoms with Crippen LogP contribution in [-0.4, -0.2) is 82.9 Å². The van der Waals surface area contributed by atoms with E-state index >= 15 is 8.78 Å². The third kappa shape index (κ3) is 4.59. The summed E-state index contributed by atoms with van der Waals surface area (Å²) in [6.07, 6.45) is -0.460. The molecule has 10 atom stereocenters. The zero-order chi connectivity index (χ0) is 30.7. The second kappa shape index (κ2) is 11.3. The Morgan fingerprint density at radius 2 is 2.00 bits per heavy atom. The summed E-state index contributed by atoms with van der Waals surface area (Å²) in [6, 6.07) is 0. The largest absolute Gasteiger partial charge is 0.441 e. The molecule has 42 heavy (non-hydrogen) atoms. The predicted molar refractivity (Wildman–Crippen MR) is 153 cm³/mol. The molecule has 3 saturated carbocycles. The summed E-state index contributed by atoms with van der Waals surface area (Å²) < 4.78 is 51.3. The van der Waals surface area contributed by atoms with Crippen LogP contribution in [0.2, 0.25) is 0 Å². The molecule has 0 spiro atoms. The quantitative estimate of drug-likeness (QED) is 0.363. The minimum absolute atomic E-state index is 0.0436. The van der Waals surface area contributed by atoms with Crippen molar-refractivity contribution in [1.82, 2.24) is 5.32 Å². The molecule has 1 aliphatic heterocycles. The average molecular weight is 612 g/mol. The number of aliphatic hydroxyl groups is 1. The molecule has 0 aromatic heterocycles. The van der Waals surface area contributed by atoms with Crippen LogP contribution in [0.1, 0.15) is 66.7 Å². The Bertz CT molecular complexity index is 1180. The Labute approximate surface area is 250 Å². The number of carbonyl (C=O) groups is 3. The zero-order valence-corrected chi connectivity index (χ0v) is 25.8. The Balaban J connectivity index is 1.44. The van der Waals surface area contributed by atoms with E-state index in [1.807, 2.05) is 6.92 Å². The topological polar surface area (TPSA) is 111 Å². The number of ether oxygens (including phenoxy) is 3. The summed E-state index contributed by atoms with van der Waals surface area (Å²) in [5.74, 6) is -1.78. The summed E-state index contributed by atoms with van der Waals surface area (Å²) in [5.41, 5.74) is -6.49. The van der Waals surface area contributed by atoms with Crippen molar-refractivity contribution in [3.8, 4) is 0 Å². The van der Waals surface area contributed by atoms with Crippen molar-refractivity contribution in [3.05, 3.63) is 23.8 Å². The molecular formula is C31H43F2NO7S. The Hall–Kier alpha value is -1.82. The Morgan fingerprint density at radius 1 is 1.26 bits per heavy atom. The van der Waals surface area contributed by atoms with E-state index in [4.69, 9.17) is 14.2 Å². The number of alkyl carbamates (subject to hydrolysis) is 1. The third-order valence-corrected chi connectivity index (χ3v) is 11.6. The van der Waals surface area contributed by atoms with Crippen molar-refractivity contribution in [1.29, 1.82) is 0 Å². The average Bonchev–Trinajstić information content (AvgIpc) is 3.40. The molecule has 8 nitrogen and oxygen atoms in total. The lowest BCUT2D eigenvalue weighted by Crippen LogP contribution is -2.71. The predicted octanol–water partition coefficient (Wildman–Crippen LogP) is 4.63. The number of aliphatic hydroxyl groups excluding tert-OH is 1. The molecular weight excluding hydrogens is 568 g/mol. The summed E-state index contributed by atoms with van der Waals surface area (Å²) in [5, 5.41) is 14.7. The summed E-state index contributed by atoms with van der Waals surface area (Å²) in [6.45, 7) is 9.22. The molecule has 234 valence electrons. The molecule has 0 radical (unpaired) electrons. The van der Waals surface area contributed by atoms with E-state index < -0.39 is 82.9 Å². The number of Topliss-reactive ketones (excluding diaryl/α,β-unsaturated/α-hetero) is 1. The monoisotopic (exact) mass is 611 g/mol. The van der Waals surface area contributed by atoms with E-state index in [2.05, 4.69) is 19.2 Å². The van der Waals surface area contributed by atoms with Gasteiger partial charge in [-0.05, 0) is 61.5 Å². The molecule has 0 aromatic carbocycles. The number of carbonyl (C=O) groups excluding carboxylic acids is 3. The highest BCUT2D eigenvalue weighted by Crippen LogP contribution is 2.72. The van der Waals surface area contributed by atoms with Gasteiger partial charge in [0.1, 0.15) is 6.17 Å². The molecule has 0 aromatic rings. The number of ketones is 2. The van der Waals surface area contributed by atoms with Gasteiger partial charge in [0.15, 0.2) is 29.9 Å². The Kier molecular flexibility index (Phi) is 8.48. The fourth-order valence-electron chi connectivity index (χ4n) is 8.62. The molecule has 5 aliphatic rings. The van der Waals surface area contributed by atoms with Crippen molar-refractivity contribution in [2.75, 3.05) is 18.9 Å². The molecule has 1 amide bonds. The van der Waals surface area contributed by atoms with Gasteiger partial charge in [0.25, 0.3) is 0 Å². The molecule has 5 rings (SSSR count). The minimum Gasteiger partial charge on any atom is -0.441 e. The number of halogens is 2. The number of hydrogen-bond acceptors (Lipinski definition) is 8. The first-order valence-electron chi connectivity index (χ1n) is 15.1. The van der Waals surface area contributed by atoms with Gasteiger partial charge in [0.05, 0.1) is 12.2 Å². The summed E-state index contributed by atoms with van der Waals surface area (Å²) in [7, 11) is 0. The van der Waals surface area contributed by atoms with Crippen LogP contribution >= 0.6 is 11.8 Å². The van der Waals surface area contributed by atoms with Gasteiger partial charge >= 0.3 is 6.09 Å². The zero-order valence-electron chi connectivity index (χ0n) is 25.0. The van der Waals surface area contributed by atoms with Crippen molar-refractivity contribution in [2.24, 2.45) is 22.7 Å². The maximum Gasteiger partial charge on any atom is 0.407 e. The summed E-state index contributed by atoms with van der Waals surface area (Å²) in [4.78, 5) is 38.6. The molecule has 1 saturated heterocycles. The van der Waals surface area contributed by atoms with Crippen LogP contribution in [0, 0.1) is 22.7 Å². The standard InChI is InChI=1S/C31H43F2NO7S/c1-6-7-26-40-25-14-19-20-13-22(32)21-12-18(35)8-9-28(21,4)30(20,33)23(36)15-29(19,5)31(25,41-26)24(37)16-39-27(38)34-10-11-42-17(2)3/h8-9,12,17,19-20,22-23,25-26,36H,6-7,10-11,13-16H2,1-5H3,(H,34,38)/t19?,20-,22-,23-,25+,26?,28-,29-,30-,31+/m0/s1. The van der Waals surface area contributed by atoms with Gasteiger partial charge < -0.3 is 24.6 Å². The molecule has 0 bridgehead atoms. The minimum atomic E-state index is -2.28. The second-order valence-corrected chi connectivity index (χ2v) is 14.8. The van der Waals surface area contributed by atoms with Crippen molar-refractivity contribution >= 4 is 29.4 Å². The van der Waals surface area contributed by atoms with Gasteiger partial charge in [-0.15, -0.1) is 0 Å². The number of hydrogen-bond donors (Lipinski definition) is 2. The number of allylic oxidation sites excluding steroid dienone is 4. The van der Waals surface area contributed by atoms with E-state index in [0.29, 0.717) is 24.0 Å². The fourth-order valence-corrected chi connectivity index (χ4v) is 9.31. The normalized spacial score (nSPS) is 43.7. The SMILES string of the molecule is CCCC1O[C@@H]2CC3[C@@H]4C[C@H](F)C5=CC(=O)C=C[C@]5(C)[C@@]4(F)[C@@H](O)C[C@]3(C)[C@]2(C(=O)COC(=O)NCCSC(C)C)O1. The van der Waals surface area contributed by atoms with Crippen LogP contribution in [0.5, 0.6) is 0 Å². The van der Waals surface area contributed by atoms with Gasteiger partial charge in [-0.1, -0.05) is 40.2 Å². The fraction of sp³-hybridized carbons (Fsp3) is 0.774. The first kappa shape index (κ1) is 31.6. The molecule has 2 N–H and O–H groups in total. The van der Waals surface area contributed by atoms with Crippen LogP contribution in [0.25, 0.3) is 0 Å². The molecule has 4 fully saturated rings.